The van der Waals surface area contributed by atoms with E-state index in [9.17, 15) is 13.2 Å². The molecule has 1 amide bonds. The first-order chi connectivity index (χ1) is 15.1. The third-order valence-electron chi connectivity index (χ3n) is 4.65. The molecule has 0 radical (unpaired) electrons. The van der Waals surface area contributed by atoms with Crippen LogP contribution in [0.1, 0.15) is 20.3 Å². The number of aromatic nitrogens is 3. The average molecular weight is 486 g/mol. The lowest BCUT2D eigenvalue weighted by molar-refractivity contribution is -0.120. The Kier molecular flexibility index (Phi) is 9.64. The molecule has 32 heavy (non-hydrogen) atoms. The summed E-state index contributed by atoms with van der Waals surface area (Å²) in [7, 11) is 2.39. The number of nitrogens with zero attached hydrogens (tertiary/aromatic N) is 4. The smallest absolute Gasteiger partial charge is 0.242 e. The monoisotopic (exact) mass is 485 g/mol. The lowest BCUT2D eigenvalue weighted by Gasteiger charge is -2.18. The molecule has 0 aliphatic carbocycles. The van der Waals surface area contributed by atoms with Crippen molar-refractivity contribution in [2.24, 2.45) is 0 Å². The van der Waals surface area contributed by atoms with E-state index in [0.717, 1.165) is 10.7 Å². The van der Waals surface area contributed by atoms with Crippen molar-refractivity contribution in [3.05, 3.63) is 24.3 Å². The second-order valence-electron chi connectivity index (χ2n) is 7.18. The predicted octanol–water partition coefficient (Wildman–Crippen LogP) is 1.82. The van der Waals surface area contributed by atoms with Gasteiger partial charge < -0.3 is 14.8 Å². The van der Waals surface area contributed by atoms with Crippen LogP contribution in [0.2, 0.25) is 0 Å². The predicted molar refractivity (Wildman–Crippen MR) is 123 cm³/mol. The zero-order valence-electron chi connectivity index (χ0n) is 19.2. The lowest BCUT2D eigenvalue weighted by Crippen LogP contribution is -2.31. The summed E-state index contributed by atoms with van der Waals surface area (Å²) in [4.78, 5) is 12.5. The zero-order chi connectivity index (χ0) is 23.9. The SMILES string of the molecule is CCCNC(=O)C(C)Sc1nnc(-c2cccc(S(=O)(=O)N(C)C)c2)n1CC(OC)OC. The first kappa shape index (κ1) is 26.3. The van der Waals surface area contributed by atoms with Gasteiger partial charge in [0.2, 0.25) is 15.9 Å². The maximum atomic E-state index is 12.6. The van der Waals surface area contributed by atoms with Crippen molar-refractivity contribution in [2.45, 2.75) is 48.4 Å². The Bertz CT molecular complexity index is 1010. The summed E-state index contributed by atoms with van der Waals surface area (Å²) in [6, 6.07) is 6.50. The molecule has 10 nitrogen and oxygen atoms in total. The van der Waals surface area contributed by atoms with Crippen molar-refractivity contribution in [1.29, 1.82) is 0 Å². The van der Waals surface area contributed by atoms with Crippen molar-refractivity contribution in [2.75, 3.05) is 34.9 Å². The van der Waals surface area contributed by atoms with Crippen molar-refractivity contribution >= 4 is 27.7 Å². The Labute approximate surface area is 193 Å². The van der Waals surface area contributed by atoms with E-state index in [2.05, 4.69) is 15.5 Å². The number of amides is 1. The van der Waals surface area contributed by atoms with Gasteiger partial charge in [-0.05, 0) is 25.5 Å². The molecule has 2 aromatic rings. The van der Waals surface area contributed by atoms with Gasteiger partial charge >= 0.3 is 0 Å². The molecule has 2 rings (SSSR count). The van der Waals surface area contributed by atoms with Crippen LogP contribution in [0.15, 0.2) is 34.3 Å². The van der Waals surface area contributed by atoms with Crippen molar-refractivity contribution in [3.8, 4) is 11.4 Å². The Balaban J connectivity index is 2.46. The number of ether oxygens (including phenoxy) is 2. The normalized spacial score (nSPS) is 13.0. The van der Waals surface area contributed by atoms with E-state index in [0.29, 0.717) is 23.1 Å². The molecule has 1 unspecified atom stereocenters. The number of sulfonamides is 1. The molecule has 12 heteroatoms. The fourth-order valence-electron chi connectivity index (χ4n) is 2.76. The standard InChI is InChI=1S/C20H31N5O5S2/c1-7-11-21-19(26)14(2)31-20-23-22-18(25(20)13-17(29-5)30-6)15-9-8-10-16(12-15)32(27,28)24(3)4/h8-10,12,14,17H,7,11,13H2,1-6H3,(H,21,26). The molecule has 0 saturated carbocycles. The number of hydrogen-bond donors (Lipinski definition) is 1. The number of thioether (sulfide) groups is 1. The van der Waals surface area contributed by atoms with Crippen LogP contribution >= 0.6 is 11.8 Å². The van der Waals surface area contributed by atoms with Gasteiger partial charge in [-0.2, -0.15) is 0 Å². The molecule has 1 aromatic carbocycles. The quantitative estimate of drug-likeness (QED) is 0.358. The number of methoxy groups -OCH3 is 2. The minimum absolute atomic E-state index is 0.0953. The van der Waals surface area contributed by atoms with Crippen LogP contribution in [0, 0.1) is 0 Å². The van der Waals surface area contributed by atoms with Crippen LogP contribution in [0.25, 0.3) is 11.4 Å². The number of carbonyl (C=O) groups is 1. The largest absolute Gasteiger partial charge is 0.355 e. The minimum Gasteiger partial charge on any atom is -0.355 e. The number of benzene rings is 1. The van der Waals surface area contributed by atoms with Gasteiger partial charge in [0, 0.05) is 40.4 Å². The molecular weight excluding hydrogens is 454 g/mol. The van der Waals surface area contributed by atoms with Crippen LogP contribution in [-0.2, 0) is 30.8 Å². The minimum atomic E-state index is -3.62. The summed E-state index contributed by atoms with van der Waals surface area (Å²) >= 11 is 1.26. The third kappa shape index (κ3) is 6.29. The summed E-state index contributed by atoms with van der Waals surface area (Å²) in [5.41, 5.74) is 0.571. The molecule has 1 atom stereocenters. The highest BCUT2D eigenvalue weighted by molar-refractivity contribution is 8.00. The second-order valence-corrected chi connectivity index (χ2v) is 10.6. The van der Waals surface area contributed by atoms with E-state index in [4.69, 9.17) is 9.47 Å². The molecule has 178 valence electrons. The first-order valence-corrected chi connectivity index (χ1v) is 12.4. The van der Waals surface area contributed by atoms with E-state index in [1.807, 2.05) is 6.92 Å². The first-order valence-electron chi connectivity index (χ1n) is 10.1. The maximum Gasteiger partial charge on any atom is 0.242 e. The van der Waals surface area contributed by atoms with Crippen molar-refractivity contribution in [1.82, 2.24) is 24.4 Å². The molecule has 0 aliphatic heterocycles. The van der Waals surface area contributed by atoms with Crippen molar-refractivity contribution in [3.63, 3.8) is 0 Å². The van der Waals surface area contributed by atoms with E-state index >= 15 is 0 Å². The van der Waals surface area contributed by atoms with Gasteiger partial charge in [0.05, 0.1) is 16.7 Å². The number of rotatable bonds is 12. The van der Waals surface area contributed by atoms with Gasteiger partial charge in [0.25, 0.3) is 0 Å². The fraction of sp³-hybridized carbons (Fsp3) is 0.550. The molecule has 0 aliphatic rings. The Morgan fingerprint density at radius 1 is 1.25 bits per heavy atom. The van der Waals surface area contributed by atoms with E-state index in [-0.39, 0.29) is 17.3 Å². The molecule has 1 N–H and O–H groups in total. The molecule has 0 bridgehead atoms. The highest BCUT2D eigenvalue weighted by atomic mass is 32.2. The Morgan fingerprint density at radius 2 is 1.94 bits per heavy atom. The van der Waals surface area contributed by atoms with Crippen LogP contribution < -0.4 is 5.32 Å². The van der Waals surface area contributed by atoms with Crippen LogP contribution in [0.4, 0.5) is 0 Å². The summed E-state index contributed by atoms with van der Waals surface area (Å²) in [5, 5.41) is 11.5. The summed E-state index contributed by atoms with van der Waals surface area (Å²) in [5.74, 6) is 0.352. The van der Waals surface area contributed by atoms with Gasteiger partial charge in [-0.1, -0.05) is 30.8 Å². The summed E-state index contributed by atoms with van der Waals surface area (Å²) in [6.45, 7) is 4.64. The fourth-order valence-corrected chi connectivity index (χ4v) is 4.59. The molecule has 1 aromatic heterocycles. The van der Waals surface area contributed by atoms with Gasteiger partial charge in [-0.3, -0.25) is 9.36 Å². The van der Waals surface area contributed by atoms with Crippen molar-refractivity contribution < 1.29 is 22.7 Å². The third-order valence-corrected chi connectivity index (χ3v) is 7.54. The molecule has 0 spiro atoms. The Morgan fingerprint density at radius 3 is 2.53 bits per heavy atom. The van der Waals surface area contributed by atoms with E-state index in [1.54, 1.807) is 29.7 Å². The molecule has 1 heterocycles. The summed E-state index contributed by atoms with van der Waals surface area (Å²) in [6.07, 6.45) is 0.265. The van der Waals surface area contributed by atoms with Gasteiger partial charge in [-0.15, -0.1) is 10.2 Å². The molecule has 0 fully saturated rings. The van der Waals surface area contributed by atoms with Crippen LogP contribution in [-0.4, -0.2) is 79.8 Å². The van der Waals surface area contributed by atoms with Crippen LogP contribution in [0.5, 0.6) is 0 Å². The summed E-state index contributed by atoms with van der Waals surface area (Å²) < 4.78 is 38.8. The zero-order valence-corrected chi connectivity index (χ0v) is 20.9. The topological polar surface area (TPSA) is 116 Å². The Hall–Kier alpha value is -1.99. The molecule has 0 saturated heterocycles. The van der Waals surface area contributed by atoms with Gasteiger partial charge in [-0.25, -0.2) is 12.7 Å². The second kappa shape index (κ2) is 11.8. The highest BCUT2D eigenvalue weighted by Gasteiger charge is 2.24. The lowest BCUT2D eigenvalue weighted by atomic mass is 10.2. The van der Waals surface area contributed by atoms with Gasteiger partial charge in [0.15, 0.2) is 17.3 Å². The van der Waals surface area contributed by atoms with E-state index in [1.165, 1.54) is 46.1 Å². The highest BCUT2D eigenvalue weighted by Crippen LogP contribution is 2.29. The maximum absolute atomic E-state index is 12.6. The molecular formula is C20H31N5O5S2. The van der Waals surface area contributed by atoms with Gasteiger partial charge in [0.1, 0.15) is 0 Å². The number of carbonyl (C=O) groups excluding carboxylic acids is 1. The average Bonchev–Trinajstić information content (AvgIpc) is 3.17. The van der Waals surface area contributed by atoms with Crippen LogP contribution in [0.3, 0.4) is 0 Å². The number of nitrogens with one attached hydrogen (secondary N) is 1. The number of hydrogen-bond acceptors (Lipinski definition) is 8. The van der Waals surface area contributed by atoms with E-state index < -0.39 is 21.6 Å².